The van der Waals surface area contributed by atoms with Crippen LogP contribution in [-0.2, 0) is 6.54 Å². The molecule has 0 aromatic carbocycles. The van der Waals surface area contributed by atoms with Gasteiger partial charge in [-0.1, -0.05) is 19.3 Å². The van der Waals surface area contributed by atoms with Gasteiger partial charge >= 0.3 is 0 Å². The molecule has 4 nitrogen and oxygen atoms in total. The maximum atomic E-state index is 4.69. The fourth-order valence-corrected chi connectivity index (χ4v) is 3.73. The van der Waals surface area contributed by atoms with Gasteiger partial charge in [-0.05, 0) is 58.7 Å². The Hall–Kier alpha value is -1.03. The van der Waals surface area contributed by atoms with Gasteiger partial charge in [-0.15, -0.1) is 0 Å². The predicted octanol–water partition coefficient (Wildman–Crippen LogP) is 3.42. The maximum Gasteiger partial charge on any atom is 0.203 e. The van der Waals surface area contributed by atoms with Gasteiger partial charge in [0.25, 0.3) is 0 Å². The van der Waals surface area contributed by atoms with Crippen LogP contribution in [0.3, 0.4) is 0 Å². The Balaban J connectivity index is 1.51. The molecule has 118 valence electrons. The predicted molar refractivity (Wildman–Crippen MR) is 87.8 cm³/mol. The molecule has 21 heavy (non-hydrogen) atoms. The molecule has 2 heterocycles. The normalized spacial score (nSPS) is 21.0. The molecular formula is C17H30N4. The molecule has 1 saturated heterocycles. The van der Waals surface area contributed by atoms with E-state index in [1.165, 1.54) is 71.0 Å². The van der Waals surface area contributed by atoms with Crippen LogP contribution in [0.5, 0.6) is 0 Å². The quantitative estimate of drug-likeness (QED) is 0.871. The van der Waals surface area contributed by atoms with E-state index in [-0.39, 0.29) is 0 Å². The zero-order chi connectivity index (χ0) is 14.5. The van der Waals surface area contributed by atoms with Crippen LogP contribution >= 0.6 is 0 Å². The minimum atomic E-state index is 0.637. The van der Waals surface area contributed by atoms with Crippen LogP contribution in [0, 0.1) is 6.92 Å². The summed E-state index contributed by atoms with van der Waals surface area (Å²) in [6.07, 6.45) is 13.0. The van der Waals surface area contributed by atoms with Crippen molar-refractivity contribution in [3.63, 3.8) is 0 Å². The monoisotopic (exact) mass is 290 g/mol. The Morgan fingerprint density at radius 1 is 1.10 bits per heavy atom. The molecule has 0 spiro atoms. The number of likely N-dealkylation sites (tertiary alicyclic amines) is 1. The minimum Gasteiger partial charge on any atom is -0.353 e. The van der Waals surface area contributed by atoms with Crippen LogP contribution in [0.1, 0.15) is 57.1 Å². The largest absolute Gasteiger partial charge is 0.353 e. The summed E-state index contributed by atoms with van der Waals surface area (Å²) in [6.45, 7) is 7.03. The van der Waals surface area contributed by atoms with Crippen LogP contribution in [0.4, 0.5) is 5.95 Å². The Kier molecular flexibility index (Phi) is 5.17. The van der Waals surface area contributed by atoms with E-state index in [0.717, 1.165) is 18.2 Å². The molecule has 0 bridgehead atoms. The first-order valence-electron chi connectivity index (χ1n) is 8.84. The van der Waals surface area contributed by atoms with E-state index >= 15 is 0 Å². The number of rotatable bonds is 6. The van der Waals surface area contributed by atoms with Crippen LogP contribution in [0.15, 0.2) is 6.20 Å². The number of aryl methyl sites for hydroxylation is 2. The summed E-state index contributed by atoms with van der Waals surface area (Å²) in [5.41, 5.74) is 1.13. The van der Waals surface area contributed by atoms with Gasteiger partial charge in [-0.2, -0.15) is 0 Å². The van der Waals surface area contributed by atoms with Crippen LogP contribution in [0.2, 0.25) is 0 Å². The molecule has 1 aliphatic heterocycles. The van der Waals surface area contributed by atoms with E-state index in [0.29, 0.717) is 6.04 Å². The van der Waals surface area contributed by atoms with E-state index in [1.807, 2.05) is 0 Å². The molecule has 1 aromatic rings. The number of imidazole rings is 1. The lowest BCUT2D eigenvalue weighted by molar-refractivity contribution is 0.325. The standard InChI is InChI=1S/C17H30N4/c1-15-14-21(13-7-12-20-10-5-6-11-20)17(18-15)19-16-8-3-2-4-9-16/h14,16H,2-13H2,1H3,(H,18,19). The molecule has 0 atom stereocenters. The fourth-order valence-electron chi connectivity index (χ4n) is 3.73. The average Bonchev–Trinajstić information content (AvgIpc) is 3.11. The minimum absolute atomic E-state index is 0.637. The van der Waals surface area contributed by atoms with Crippen LogP contribution in [-0.4, -0.2) is 40.1 Å². The van der Waals surface area contributed by atoms with Gasteiger partial charge in [0.2, 0.25) is 5.95 Å². The average molecular weight is 290 g/mol. The summed E-state index contributed by atoms with van der Waals surface area (Å²) in [4.78, 5) is 7.29. The number of aromatic nitrogens is 2. The molecule has 1 aliphatic carbocycles. The van der Waals surface area contributed by atoms with Gasteiger partial charge in [0.1, 0.15) is 0 Å². The summed E-state index contributed by atoms with van der Waals surface area (Å²) in [6, 6.07) is 0.637. The number of hydrogen-bond donors (Lipinski definition) is 1. The summed E-state index contributed by atoms with van der Waals surface area (Å²) in [5, 5.41) is 3.69. The molecule has 0 radical (unpaired) electrons. The SMILES string of the molecule is Cc1cn(CCCN2CCCC2)c(NC2CCCCC2)n1. The lowest BCUT2D eigenvalue weighted by Crippen LogP contribution is -2.25. The number of hydrogen-bond acceptors (Lipinski definition) is 3. The highest BCUT2D eigenvalue weighted by atomic mass is 15.2. The summed E-state index contributed by atoms with van der Waals surface area (Å²) in [7, 11) is 0. The highest BCUT2D eigenvalue weighted by molar-refractivity contribution is 5.30. The highest BCUT2D eigenvalue weighted by Crippen LogP contribution is 2.21. The smallest absolute Gasteiger partial charge is 0.203 e. The third kappa shape index (κ3) is 4.22. The highest BCUT2D eigenvalue weighted by Gasteiger charge is 2.16. The molecule has 3 rings (SSSR count). The molecule has 2 fully saturated rings. The van der Waals surface area contributed by atoms with Crippen molar-refractivity contribution in [2.24, 2.45) is 0 Å². The van der Waals surface area contributed by atoms with Gasteiger partial charge in [-0.3, -0.25) is 0 Å². The van der Waals surface area contributed by atoms with E-state index in [4.69, 9.17) is 4.98 Å². The Labute approximate surface area is 128 Å². The van der Waals surface area contributed by atoms with Crippen molar-refractivity contribution in [1.82, 2.24) is 14.5 Å². The van der Waals surface area contributed by atoms with Crippen molar-refractivity contribution in [2.45, 2.75) is 70.9 Å². The number of nitrogens with zero attached hydrogens (tertiary/aromatic N) is 3. The van der Waals surface area contributed by atoms with Crippen molar-refractivity contribution in [3.8, 4) is 0 Å². The zero-order valence-corrected chi connectivity index (χ0v) is 13.5. The maximum absolute atomic E-state index is 4.69. The topological polar surface area (TPSA) is 33.1 Å². The first-order chi connectivity index (χ1) is 10.3. The molecule has 1 aromatic heterocycles. The fraction of sp³-hybridized carbons (Fsp3) is 0.824. The van der Waals surface area contributed by atoms with Crippen molar-refractivity contribution >= 4 is 5.95 Å². The third-order valence-corrected chi connectivity index (χ3v) is 4.91. The molecular weight excluding hydrogens is 260 g/mol. The van der Waals surface area contributed by atoms with E-state index in [1.54, 1.807) is 0 Å². The van der Waals surface area contributed by atoms with E-state index in [9.17, 15) is 0 Å². The van der Waals surface area contributed by atoms with Gasteiger partial charge in [-0.25, -0.2) is 4.98 Å². The summed E-state index contributed by atoms with van der Waals surface area (Å²) in [5.74, 6) is 1.10. The number of anilines is 1. The second kappa shape index (κ2) is 7.30. The van der Waals surface area contributed by atoms with Crippen molar-refractivity contribution in [2.75, 3.05) is 25.0 Å². The molecule has 0 unspecified atom stereocenters. The van der Waals surface area contributed by atoms with Crippen molar-refractivity contribution in [3.05, 3.63) is 11.9 Å². The van der Waals surface area contributed by atoms with Gasteiger partial charge < -0.3 is 14.8 Å². The van der Waals surface area contributed by atoms with Crippen molar-refractivity contribution in [1.29, 1.82) is 0 Å². The van der Waals surface area contributed by atoms with E-state index in [2.05, 4.69) is 27.9 Å². The molecule has 1 N–H and O–H groups in total. The Bertz CT molecular complexity index is 428. The second-order valence-electron chi connectivity index (χ2n) is 6.78. The van der Waals surface area contributed by atoms with Crippen LogP contribution < -0.4 is 5.32 Å². The Morgan fingerprint density at radius 3 is 2.62 bits per heavy atom. The first kappa shape index (κ1) is 14.9. The van der Waals surface area contributed by atoms with E-state index < -0.39 is 0 Å². The lowest BCUT2D eigenvalue weighted by atomic mass is 9.96. The van der Waals surface area contributed by atoms with Gasteiger partial charge in [0.05, 0.1) is 5.69 Å². The lowest BCUT2D eigenvalue weighted by Gasteiger charge is -2.24. The van der Waals surface area contributed by atoms with Gasteiger partial charge in [0.15, 0.2) is 0 Å². The molecule has 2 aliphatic rings. The zero-order valence-electron chi connectivity index (χ0n) is 13.5. The molecule has 1 saturated carbocycles. The molecule has 0 amide bonds. The number of nitrogens with one attached hydrogen (secondary N) is 1. The van der Waals surface area contributed by atoms with Gasteiger partial charge in [0, 0.05) is 18.8 Å². The second-order valence-corrected chi connectivity index (χ2v) is 6.78. The third-order valence-electron chi connectivity index (χ3n) is 4.91. The first-order valence-corrected chi connectivity index (χ1v) is 8.84. The van der Waals surface area contributed by atoms with Crippen molar-refractivity contribution < 1.29 is 0 Å². The summed E-state index contributed by atoms with van der Waals surface area (Å²) >= 11 is 0. The Morgan fingerprint density at radius 2 is 1.86 bits per heavy atom. The summed E-state index contributed by atoms with van der Waals surface area (Å²) < 4.78 is 2.33. The molecule has 4 heteroatoms. The van der Waals surface area contributed by atoms with Crippen LogP contribution in [0.25, 0.3) is 0 Å².